The second-order valence-corrected chi connectivity index (χ2v) is 7.75. The molecule has 1 heterocycles. The Hall–Kier alpha value is -2.85. The first kappa shape index (κ1) is 20.4. The summed E-state index contributed by atoms with van der Waals surface area (Å²) >= 11 is 6.05. The predicted molar refractivity (Wildman–Crippen MR) is 107 cm³/mol. The van der Waals surface area contributed by atoms with Crippen LogP contribution in [0.2, 0.25) is 5.02 Å². The number of fused-ring (bicyclic) bond motifs is 1. The molecule has 2 aliphatic rings. The first-order valence-corrected chi connectivity index (χ1v) is 9.73. The lowest BCUT2D eigenvalue weighted by molar-refractivity contribution is -0.179. The number of halogens is 4. The molecule has 1 unspecified atom stereocenters. The molecule has 4 nitrogen and oxygen atoms in total. The Bertz CT molecular complexity index is 1040. The lowest BCUT2D eigenvalue weighted by Gasteiger charge is -2.41. The van der Waals surface area contributed by atoms with Gasteiger partial charge < -0.3 is 10.1 Å². The highest BCUT2D eigenvalue weighted by Crippen LogP contribution is 2.47. The van der Waals surface area contributed by atoms with Gasteiger partial charge in [-0.25, -0.2) is 4.79 Å². The average Bonchev–Trinajstić information content (AvgIpc) is 3.53. The minimum absolute atomic E-state index is 0.0684. The maximum Gasteiger partial charge on any atom is 0.427 e. The fourth-order valence-electron chi connectivity index (χ4n) is 3.35. The number of nitrogens with one attached hydrogen (secondary N) is 1. The van der Waals surface area contributed by atoms with Crippen LogP contribution in [-0.4, -0.2) is 19.3 Å². The Morgan fingerprint density at radius 2 is 1.93 bits per heavy atom. The van der Waals surface area contributed by atoms with Crippen LogP contribution in [0.25, 0.3) is 0 Å². The highest BCUT2D eigenvalue weighted by Gasteiger charge is 2.60. The van der Waals surface area contributed by atoms with Crippen LogP contribution < -0.4 is 15.0 Å². The molecule has 8 heteroatoms. The Morgan fingerprint density at radius 1 is 1.23 bits per heavy atom. The van der Waals surface area contributed by atoms with Crippen molar-refractivity contribution in [2.45, 2.75) is 31.1 Å². The zero-order chi connectivity index (χ0) is 21.5. The molecule has 0 saturated heterocycles. The first-order valence-electron chi connectivity index (χ1n) is 9.35. The van der Waals surface area contributed by atoms with Gasteiger partial charge in [-0.3, -0.25) is 4.90 Å². The summed E-state index contributed by atoms with van der Waals surface area (Å²) in [5, 5.41) is 2.27. The van der Waals surface area contributed by atoms with Crippen molar-refractivity contribution in [2.75, 3.05) is 12.0 Å². The number of urea groups is 1. The number of hydrogen-bond donors (Lipinski definition) is 1. The van der Waals surface area contributed by atoms with E-state index >= 15 is 0 Å². The van der Waals surface area contributed by atoms with Gasteiger partial charge in [-0.05, 0) is 48.7 Å². The molecule has 30 heavy (non-hydrogen) atoms. The van der Waals surface area contributed by atoms with Crippen LogP contribution in [0.4, 0.5) is 23.7 Å². The number of ether oxygens (including phenoxy) is 1. The molecule has 1 aliphatic heterocycles. The largest absolute Gasteiger partial charge is 0.497 e. The average molecular weight is 435 g/mol. The maximum atomic E-state index is 14.3. The van der Waals surface area contributed by atoms with Crippen molar-refractivity contribution in [3.05, 3.63) is 58.6 Å². The number of anilines is 1. The summed E-state index contributed by atoms with van der Waals surface area (Å²) in [7, 11) is 1.53. The summed E-state index contributed by atoms with van der Waals surface area (Å²) in [5.74, 6) is 5.58. The van der Waals surface area contributed by atoms with E-state index in [0.29, 0.717) is 5.75 Å². The number of nitrogens with zero attached hydrogens (tertiary/aromatic N) is 1. The molecule has 0 bridgehead atoms. The van der Waals surface area contributed by atoms with E-state index in [2.05, 4.69) is 17.2 Å². The van der Waals surface area contributed by atoms with Crippen LogP contribution >= 0.6 is 11.6 Å². The van der Waals surface area contributed by atoms with Crippen LogP contribution in [-0.2, 0) is 12.1 Å². The number of carbonyl (C=O) groups is 1. The van der Waals surface area contributed by atoms with Crippen LogP contribution in [0, 0.1) is 17.8 Å². The molecular formula is C22H18ClF3N2O2. The molecule has 1 fully saturated rings. The molecule has 0 aromatic heterocycles. The molecule has 1 saturated carbocycles. The van der Waals surface area contributed by atoms with Crippen LogP contribution in [0.1, 0.15) is 24.0 Å². The van der Waals surface area contributed by atoms with Gasteiger partial charge in [0, 0.05) is 16.5 Å². The van der Waals surface area contributed by atoms with E-state index in [4.69, 9.17) is 16.3 Å². The highest BCUT2D eigenvalue weighted by molar-refractivity contribution is 6.30. The smallest absolute Gasteiger partial charge is 0.427 e. The topological polar surface area (TPSA) is 41.6 Å². The molecule has 2 aromatic carbocycles. The van der Waals surface area contributed by atoms with Crippen LogP contribution in [0.5, 0.6) is 5.75 Å². The lowest BCUT2D eigenvalue weighted by atomic mass is 9.85. The van der Waals surface area contributed by atoms with Gasteiger partial charge in [0.2, 0.25) is 5.54 Å². The van der Waals surface area contributed by atoms with E-state index in [0.717, 1.165) is 18.4 Å². The molecule has 4 rings (SSSR count). The predicted octanol–water partition coefficient (Wildman–Crippen LogP) is 5.25. The van der Waals surface area contributed by atoms with Crippen LogP contribution in [0.15, 0.2) is 42.5 Å². The summed E-state index contributed by atoms with van der Waals surface area (Å²) in [6, 6.07) is 10.2. The van der Waals surface area contributed by atoms with Crippen molar-refractivity contribution in [1.82, 2.24) is 5.32 Å². The SMILES string of the molecule is COc1ccc(CN2C(=O)NC(C#CC3CC3)(C(F)(F)F)c3cc(Cl)ccc32)cc1. The van der Waals surface area contributed by atoms with E-state index in [1.54, 1.807) is 24.3 Å². The van der Waals surface area contributed by atoms with Gasteiger partial charge in [0.15, 0.2) is 0 Å². The Morgan fingerprint density at radius 3 is 2.53 bits per heavy atom. The summed E-state index contributed by atoms with van der Waals surface area (Å²) in [6.07, 6.45) is -3.29. The number of benzene rings is 2. The fraction of sp³-hybridized carbons (Fsp3) is 0.318. The van der Waals surface area contributed by atoms with Crippen molar-refractivity contribution < 1.29 is 22.7 Å². The van der Waals surface area contributed by atoms with Gasteiger partial charge >= 0.3 is 12.2 Å². The van der Waals surface area contributed by atoms with Gasteiger partial charge in [0.25, 0.3) is 0 Å². The molecule has 0 spiro atoms. The normalized spacial score (nSPS) is 20.7. The molecule has 2 amide bonds. The van der Waals surface area contributed by atoms with E-state index < -0.39 is 17.7 Å². The number of methoxy groups -OCH3 is 1. The number of hydrogen-bond acceptors (Lipinski definition) is 2. The Kier molecular flexibility index (Phi) is 5.07. The number of amides is 2. The summed E-state index contributed by atoms with van der Waals surface area (Å²) < 4.78 is 48.0. The molecule has 1 aliphatic carbocycles. The molecular weight excluding hydrogens is 417 g/mol. The molecule has 156 valence electrons. The quantitative estimate of drug-likeness (QED) is 0.670. The Balaban J connectivity index is 1.80. The minimum Gasteiger partial charge on any atom is -0.497 e. The van der Waals surface area contributed by atoms with Gasteiger partial charge in [0.05, 0.1) is 19.3 Å². The monoisotopic (exact) mass is 434 g/mol. The summed E-state index contributed by atoms with van der Waals surface area (Å²) in [6.45, 7) is 0.0778. The lowest BCUT2D eigenvalue weighted by Crippen LogP contribution is -2.62. The molecule has 1 N–H and O–H groups in total. The zero-order valence-corrected chi connectivity index (χ0v) is 16.8. The maximum absolute atomic E-state index is 14.3. The van der Waals surface area contributed by atoms with Gasteiger partial charge in [-0.2, -0.15) is 13.2 Å². The minimum atomic E-state index is -4.82. The Labute approximate surface area is 177 Å². The standard InChI is InChI=1S/C22H18ClF3N2O2/c1-30-17-7-4-15(5-8-17)13-28-19-9-6-16(23)12-18(19)21(22(24,25)26,27-20(28)29)11-10-14-2-3-14/h4-9,12,14H,2-3,13H2,1H3,(H,27,29). The fourth-order valence-corrected chi connectivity index (χ4v) is 3.52. The third-order valence-electron chi connectivity index (χ3n) is 5.16. The molecule has 2 aromatic rings. The number of alkyl halides is 3. The van der Waals surface area contributed by atoms with Gasteiger partial charge in [-0.15, -0.1) is 0 Å². The first-order chi connectivity index (χ1) is 14.2. The summed E-state index contributed by atoms with van der Waals surface area (Å²) in [4.78, 5) is 14.1. The van der Waals surface area contributed by atoms with E-state index in [1.165, 1.54) is 30.2 Å². The van der Waals surface area contributed by atoms with Crippen molar-refractivity contribution in [2.24, 2.45) is 5.92 Å². The van der Waals surface area contributed by atoms with Gasteiger partial charge in [0.1, 0.15) is 5.75 Å². The van der Waals surface area contributed by atoms with Crippen LogP contribution in [0.3, 0.4) is 0 Å². The highest BCUT2D eigenvalue weighted by atomic mass is 35.5. The number of carbonyl (C=O) groups excluding carboxylic acids is 1. The third-order valence-corrected chi connectivity index (χ3v) is 5.39. The second kappa shape index (κ2) is 7.44. The van der Waals surface area contributed by atoms with E-state index in [9.17, 15) is 18.0 Å². The van der Waals surface area contributed by atoms with Crippen molar-refractivity contribution in [1.29, 1.82) is 0 Å². The zero-order valence-electron chi connectivity index (χ0n) is 16.0. The van der Waals surface area contributed by atoms with Crippen molar-refractivity contribution in [3.8, 4) is 17.6 Å². The third kappa shape index (κ3) is 3.68. The van der Waals surface area contributed by atoms with E-state index in [-0.39, 0.29) is 28.7 Å². The second-order valence-electron chi connectivity index (χ2n) is 7.32. The van der Waals surface area contributed by atoms with Gasteiger partial charge in [-0.1, -0.05) is 35.6 Å². The number of rotatable bonds is 3. The molecule has 1 atom stereocenters. The van der Waals surface area contributed by atoms with Crippen molar-refractivity contribution >= 4 is 23.3 Å². The summed E-state index contributed by atoms with van der Waals surface area (Å²) in [5.41, 5.74) is -2.12. The van der Waals surface area contributed by atoms with E-state index in [1.807, 2.05) is 0 Å². The van der Waals surface area contributed by atoms with Crippen molar-refractivity contribution in [3.63, 3.8) is 0 Å². The molecule has 0 radical (unpaired) electrons.